The molecule has 1 saturated heterocycles. The van der Waals surface area contributed by atoms with Crippen LogP contribution in [0, 0.1) is 11.6 Å². The molecule has 2 aliphatic rings. The van der Waals surface area contributed by atoms with Crippen molar-refractivity contribution in [3.05, 3.63) is 64.7 Å². The zero-order valence-electron chi connectivity index (χ0n) is 14.7. The van der Waals surface area contributed by atoms with Crippen molar-refractivity contribution in [3.63, 3.8) is 0 Å². The van der Waals surface area contributed by atoms with E-state index in [1.165, 1.54) is 18.2 Å². The molecule has 2 aromatic rings. The van der Waals surface area contributed by atoms with E-state index < -0.39 is 29.4 Å². The molecule has 2 aliphatic heterocycles. The number of rotatable bonds is 4. The van der Waals surface area contributed by atoms with E-state index >= 15 is 0 Å². The smallest absolute Gasteiger partial charge is 0.261 e. The van der Waals surface area contributed by atoms with Gasteiger partial charge in [-0.05, 0) is 43.2 Å². The third kappa shape index (κ3) is 3.27. The number of fused-ring (bicyclic) bond motifs is 1. The summed E-state index contributed by atoms with van der Waals surface area (Å²) in [6.07, 6.45) is 1.49. The van der Waals surface area contributed by atoms with Crippen molar-refractivity contribution in [2.24, 2.45) is 0 Å². The van der Waals surface area contributed by atoms with Crippen LogP contribution < -0.4 is 5.32 Å². The molecule has 1 atom stereocenters. The third-order valence-corrected chi connectivity index (χ3v) is 4.82. The molecular weight excluding hydrogens is 370 g/mol. The highest BCUT2D eigenvalue weighted by atomic mass is 19.1. The van der Waals surface area contributed by atoms with Gasteiger partial charge in [-0.25, -0.2) is 8.78 Å². The summed E-state index contributed by atoms with van der Waals surface area (Å²) in [5.74, 6) is -3.26. The summed E-state index contributed by atoms with van der Waals surface area (Å²) >= 11 is 0. The monoisotopic (exact) mass is 386 g/mol. The first kappa shape index (κ1) is 18.2. The number of amides is 3. The molecule has 8 heteroatoms. The summed E-state index contributed by atoms with van der Waals surface area (Å²) in [7, 11) is 0. The third-order valence-electron chi connectivity index (χ3n) is 4.82. The number of nitrogens with zero attached hydrogens (tertiary/aromatic N) is 1. The van der Waals surface area contributed by atoms with Gasteiger partial charge in [-0.1, -0.05) is 0 Å². The maximum atomic E-state index is 13.7. The molecule has 144 valence electrons. The van der Waals surface area contributed by atoms with Crippen LogP contribution in [0.5, 0.6) is 0 Å². The number of anilines is 1. The van der Waals surface area contributed by atoms with E-state index in [1.807, 2.05) is 0 Å². The van der Waals surface area contributed by atoms with Crippen molar-refractivity contribution in [2.45, 2.75) is 18.9 Å². The fraction of sp³-hybridized carbons (Fsp3) is 0.250. The lowest BCUT2D eigenvalue weighted by Crippen LogP contribution is -2.36. The molecule has 1 unspecified atom stereocenters. The van der Waals surface area contributed by atoms with E-state index in [1.54, 1.807) is 0 Å². The van der Waals surface area contributed by atoms with Crippen molar-refractivity contribution in [1.82, 2.24) is 4.90 Å². The highest BCUT2D eigenvalue weighted by molar-refractivity contribution is 6.22. The highest BCUT2D eigenvalue weighted by Gasteiger charge is 2.38. The van der Waals surface area contributed by atoms with Crippen LogP contribution in [0.2, 0.25) is 0 Å². The predicted octanol–water partition coefficient (Wildman–Crippen LogP) is 2.99. The summed E-state index contributed by atoms with van der Waals surface area (Å²) in [6.45, 7) is 0.784. The van der Waals surface area contributed by atoms with Gasteiger partial charge in [0.05, 0.1) is 29.5 Å². The number of nitrogens with one attached hydrogen (secondary N) is 1. The van der Waals surface area contributed by atoms with Crippen LogP contribution in [0.1, 0.15) is 43.9 Å². The average Bonchev–Trinajstić information content (AvgIpc) is 3.27. The van der Waals surface area contributed by atoms with Crippen molar-refractivity contribution >= 4 is 23.4 Å². The minimum atomic E-state index is -0.913. The van der Waals surface area contributed by atoms with E-state index in [2.05, 4.69) is 5.32 Å². The first-order chi connectivity index (χ1) is 13.4. The second-order valence-corrected chi connectivity index (χ2v) is 6.69. The summed E-state index contributed by atoms with van der Waals surface area (Å²) in [4.78, 5) is 38.7. The quantitative estimate of drug-likeness (QED) is 0.820. The first-order valence-corrected chi connectivity index (χ1v) is 8.82. The minimum Gasteiger partial charge on any atom is -0.376 e. The van der Waals surface area contributed by atoms with Gasteiger partial charge in [0.1, 0.15) is 11.6 Å². The lowest BCUT2D eigenvalue weighted by atomic mass is 10.1. The van der Waals surface area contributed by atoms with Gasteiger partial charge in [0.2, 0.25) is 0 Å². The molecule has 0 radical (unpaired) electrons. The number of hydrogen-bond acceptors (Lipinski definition) is 4. The van der Waals surface area contributed by atoms with Gasteiger partial charge in [0.25, 0.3) is 17.7 Å². The molecule has 4 rings (SSSR count). The number of halogens is 2. The summed E-state index contributed by atoms with van der Waals surface area (Å²) in [5, 5.41) is 2.33. The molecule has 3 amide bonds. The highest BCUT2D eigenvalue weighted by Crippen LogP contribution is 2.26. The average molecular weight is 386 g/mol. The van der Waals surface area contributed by atoms with Crippen LogP contribution >= 0.6 is 0 Å². The number of carbonyl (C=O) groups excluding carboxylic acids is 3. The second-order valence-electron chi connectivity index (χ2n) is 6.69. The Balaban J connectivity index is 1.54. The molecule has 28 heavy (non-hydrogen) atoms. The van der Waals surface area contributed by atoms with Crippen molar-refractivity contribution in [2.75, 3.05) is 18.5 Å². The Bertz CT molecular complexity index is 986. The van der Waals surface area contributed by atoms with Crippen molar-refractivity contribution in [1.29, 1.82) is 0 Å². The van der Waals surface area contributed by atoms with Gasteiger partial charge in [-0.2, -0.15) is 0 Å². The predicted molar refractivity (Wildman–Crippen MR) is 95.1 cm³/mol. The maximum absolute atomic E-state index is 13.7. The van der Waals surface area contributed by atoms with Gasteiger partial charge in [0, 0.05) is 18.2 Å². The normalized spacial score (nSPS) is 18.5. The zero-order valence-corrected chi connectivity index (χ0v) is 14.7. The Kier molecular flexibility index (Phi) is 4.64. The van der Waals surface area contributed by atoms with E-state index in [0.717, 1.165) is 29.9 Å². The second kappa shape index (κ2) is 7.12. The Morgan fingerprint density at radius 3 is 2.61 bits per heavy atom. The van der Waals surface area contributed by atoms with Crippen LogP contribution in [0.3, 0.4) is 0 Å². The molecule has 0 aromatic heterocycles. The molecule has 0 bridgehead atoms. The Labute approximate surface area is 159 Å². The number of ether oxygens (including phenoxy) is 1. The van der Waals surface area contributed by atoms with Gasteiger partial charge in [-0.15, -0.1) is 0 Å². The van der Waals surface area contributed by atoms with Gasteiger partial charge in [0.15, 0.2) is 0 Å². The molecule has 2 aromatic carbocycles. The van der Waals surface area contributed by atoms with Gasteiger partial charge >= 0.3 is 0 Å². The van der Waals surface area contributed by atoms with Crippen LogP contribution in [-0.4, -0.2) is 41.9 Å². The Morgan fingerprint density at radius 1 is 1.11 bits per heavy atom. The molecule has 0 saturated carbocycles. The lowest BCUT2D eigenvalue weighted by Gasteiger charge is -2.17. The largest absolute Gasteiger partial charge is 0.376 e. The Hall–Kier alpha value is -3.13. The summed E-state index contributed by atoms with van der Waals surface area (Å²) < 4.78 is 32.2. The van der Waals surface area contributed by atoms with Gasteiger partial charge in [-0.3, -0.25) is 19.3 Å². The molecule has 0 aliphatic carbocycles. The van der Waals surface area contributed by atoms with Crippen LogP contribution in [0.15, 0.2) is 36.4 Å². The molecule has 1 N–H and O–H groups in total. The minimum absolute atomic E-state index is 0.0857. The van der Waals surface area contributed by atoms with Crippen molar-refractivity contribution < 1.29 is 27.9 Å². The van der Waals surface area contributed by atoms with E-state index in [-0.39, 0.29) is 35.0 Å². The fourth-order valence-electron chi connectivity index (χ4n) is 3.38. The summed E-state index contributed by atoms with van der Waals surface area (Å²) in [6, 6.07) is 6.88. The SMILES string of the molecule is O=C(Nc1ccc(F)cc1F)c1ccc2c(c1)C(=O)N(CC1CCCO1)C2=O. The fourth-order valence-corrected chi connectivity index (χ4v) is 3.38. The van der Waals surface area contributed by atoms with E-state index in [9.17, 15) is 23.2 Å². The van der Waals surface area contributed by atoms with Crippen molar-refractivity contribution in [3.8, 4) is 0 Å². The first-order valence-electron chi connectivity index (χ1n) is 8.82. The topological polar surface area (TPSA) is 75.7 Å². The number of benzene rings is 2. The molecule has 0 spiro atoms. The standard InChI is InChI=1S/C20H16F2N2O4/c21-12-4-6-17(16(22)9-12)23-18(25)11-3-5-14-15(8-11)20(27)24(19(14)26)10-13-2-1-7-28-13/h3-6,8-9,13H,1-2,7,10H2,(H,23,25). The molecule has 6 nitrogen and oxygen atoms in total. The molecule has 1 fully saturated rings. The van der Waals surface area contributed by atoms with E-state index in [4.69, 9.17) is 4.74 Å². The van der Waals surface area contributed by atoms with Crippen LogP contribution in [0.25, 0.3) is 0 Å². The van der Waals surface area contributed by atoms with E-state index in [0.29, 0.717) is 12.7 Å². The molecular formula is C20H16F2N2O4. The number of carbonyl (C=O) groups is 3. The lowest BCUT2D eigenvalue weighted by molar-refractivity contribution is 0.0475. The maximum Gasteiger partial charge on any atom is 0.261 e. The van der Waals surface area contributed by atoms with Crippen LogP contribution in [-0.2, 0) is 4.74 Å². The Morgan fingerprint density at radius 2 is 1.89 bits per heavy atom. The number of hydrogen-bond donors (Lipinski definition) is 1. The van der Waals surface area contributed by atoms with Crippen LogP contribution in [0.4, 0.5) is 14.5 Å². The number of imide groups is 1. The summed E-state index contributed by atoms with van der Waals surface area (Å²) in [5.41, 5.74) is 0.236. The zero-order chi connectivity index (χ0) is 19.8. The molecule has 2 heterocycles. The van der Waals surface area contributed by atoms with Gasteiger partial charge < -0.3 is 10.1 Å².